The van der Waals surface area contributed by atoms with Crippen LogP contribution in [0.5, 0.6) is 0 Å². The van der Waals surface area contributed by atoms with Crippen molar-refractivity contribution in [1.82, 2.24) is 0 Å². The first-order valence-corrected chi connectivity index (χ1v) is 8.81. The molecule has 0 aromatic heterocycles. The molecule has 0 spiro atoms. The Morgan fingerprint density at radius 3 is 2.32 bits per heavy atom. The summed E-state index contributed by atoms with van der Waals surface area (Å²) in [4.78, 5) is 11.2. The highest BCUT2D eigenvalue weighted by molar-refractivity contribution is 9.09. The van der Waals surface area contributed by atoms with Crippen molar-refractivity contribution in [3.63, 3.8) is 0 Å². The fraction of sp³-hybridized carbons (Fsp3) is 0.462. The van der Waals surface area contributed by atoms with E-state index in [1.165, 1.54) is 6.92 Å². The topological polar surface area (TPSA) is 63.2 Å². The zero-order valence-electron chi connectivity index (χ0n) is 10.6. The molecule has 0 radical (unpaired) electrons. The van der Waals surface area contributed by atoms with Gasteiger partial charge in [-0.3, -0.25) is 4.79 Å². The molecule has 1 fully saturated rings. The molecule has 1 saturated carbocycles. The largest absolute Gasteiger partial charge is 0.326 e. The van der Waals surface area contributed by atoms with Crippen LogP contribution in [0.25, 0.3) is 0 Å². The molecule has 1 aliphatic rings. The number of benzene rings is 1. The number of rotatable bonds is 5. The molecule has 0 aliphatic heterocycles. The molecule has 104 valence electrons. The summed E-state index contributed by atoms with van der Waals surface area (Å²) in [7, 11) is -3.26. The maximum atomic E-state index is 12.3. The average Bonchev–Trinajstić information content (AvgIpc) is 3.09. The van der Waals surface area contributed by atoms with Gasteiger partial charge in [0.05, 0.1) is 10.6 Å². The Labute approximate surface area is 121 Å². The van der Waals surface area contributed by atoms with Gasteiger partial charge in [0.2, 0.25) is 5.91 Å². The van der Waals surface area contributed by atoms with Gasteiger partial charge in [0, 0.05) is 17.9 Å². The molecule has 1 aromatic carbocycles. The fourth-order valence-electron chi connectivity index (χ4n) is 1.93. The molecule has 0 saturated heterocycles. The zero-order chi connectivity index (χ0) is 14.1. The second-order valence-corrected chi connectivity index (χ2v) is 7.65. The monoisotopic (exact) mass is 345 g/mol. The van der Waals surface area contributed by atoms with Crippen LogP contribution in [0.2, 0.25) is 0 Å². The lowest BCUT2D eigenvalue weighted by Gasteiger charge is -2.12. The first-order valence-electron chi connectivity index (χ1n) is 6.03. The van der Waals surface area contributed by atoms with Crippen LogP contribution in [0.15, 0.2) is 29.2 Å². The molecular formula is C13H16BrNO3S. The highest BCUT2D eigenvalue weighted by Gasteiger charge is 2.45. The number of amides is 1. The number of hydrogen-bond acceptors (Lipinski definition) is 3. The minimum atomic E-state index is -3.26. The van der Waals surface area contributed by atoms with Crippen molar-refractivity contribution in [3.8, 4) is 0 Å². The standard InChI is InChI=1S/C13H16BrNO3S/c1-10(16)15-11-2-4-12(5-3-11)19(17,18)9-13(8-14)6-7-13/h2-5H,6-9H2,1H3,(H,15,16). The van der Waals surface area contributed by atoms with Gasteiger partial charge in [0.25, 0.3) is 0 Å². The third kappa shape index (κ3) is 3.57. The van der Waals surface area contributed by atoms with Crippen LogP contribution in [0, 0.1) is 5.41 Å². The van der Waals surface area contributed by atoms with Crippen molar-refractivity contribution < 1.29 is 13.2 Å². The van der Waals surface area contributed by atoms with E-state index in [4.69, 9.17) is 0 Å². The van der Waals surface area contributed by atoms with Gasteiger partial charge in [-0.1, -0.05) is 15.9 Å². The van der Waals surface area contributed by atoms with E-state index in [0.717, 1.165) is 18.2 Å². The SMILES string of the molecule is CC(=O)Nc1ccc(S(=O)(=O)CC2(CBr)CC2)cc1. The second-order valence-electron chi connectivity index (χ2n) is 5.10. The van der Waals surface area contributed by atoms with Crippen molar-refractivity contribution in [1.29, 1.82) is 0 Å². The zero-order valence-corrected chi connectivity index (χ0v) is 13.1. The molecule has 19 heavy (non-hydrogen) atoms. The van der Waals surface area contributed by atoms with Crippen molar-refractivity contribution in [3.05, 3.63) is 24.3 Å². The van der Waals surface area contributed by atoms with Crippen LogP contribution in [0.3, 0.4) is 0 Å². The highest BCUT2D eigenvalue weighted by atomic mass is 79.9. The summed E-state index contributed by atoms with van der Waals surface area (Å²) in [5.74, 6) is 0.0110. The summed E-state index contributed by atoms with van der Waals surface area (Å²) in [5, 5.41) is 3.34. The molecule has 6 heteroatoms. The number of sulfone groups is 1. The molecule has 0 bridgehead atoms. The predicted molar refractivity (Wildman–Crippen MR) is 78.3 cm³/mol. The molecule has 1 N–H and O–H groups in total. The van der Waals surface area contributed by atoms with E-state index in [1.807, 2.05) is 0 Å². The van der Waals surface area contributed by atoms with E-state index in [1.54, 1.807) is 24.3 Å². The Morgan fingerprint density at radius 1 is 1.32 bits per heavy atom. The fourth-order valence-corrected chi connectivity index (χ4v) is 4.86. The maximum absolute atomic E-state index is 12.3. The Hall–Kier alpha value is -0.880. The molecular weight excluding hydrogens is 330 g/mol. The lowest BCUT2D eigenvalue weighted by molar-refractivity contribution is -0.114. The van der Waals surface area contributed by atoms with E-state index in [-0.39, 0.29) is 17.1 Å². The van der Waals surface area contributed by atoms with Gasteiger partial charge >= 0.3 is 0 Å². The van der Waals surface area contributed by atoms with E-state index in [2.05, 4.69) is 21.2 Å². The summed E-state index contributed by atoms with van der Waals surface area (Å²) >= 11 is 3.39. The number of carbonyl (C=O) groups excluding carboxylic acids is 1. The third-order valence-electron chi connectivity index (χ3n) is 3.27. The second kappa shape index (κ2) is 5.25. The smallest absolute Gasteiger partial charge is 0.221 e. The average molecular weight is 346 g/mol. The predicted octanol–water partition coefficient (Wildman–Crippen LogP) is 2.59. The Balaban J connectivity index is 2.14. The number of anilines is 1. The molecule has 1 aromatic rings. The molecule has 0 heterocycles. The number of alkyl halides is 1. The van der Waals surface area contributed by atoms with Crippen molar-refractivity contribution in [2.75, 3.05) is 16.4 Å². The van der Waals surface area contributed by atoms with E-state index >= 15 is 0 Å². The van der Waals surface area contributed by atoms with Crippen LogP contribution >= 0.6 is 15.9 Å². The van der Waals surface area contributed by atoms with E-state index in [0.29, 0.717) is 10.6 Å². The van der Waals surface area contributed by atoms with Crippen LogP contribution in [-0.2, 0) is 14.6 Å². The van der Waals surface area contributed by atoms with Gasteiger partial charge in [-0.25, -0.2) is 8.42 Å². The van der Waals surface area contributed by atoms with Crippen molar-refractivity contribution in [2.45, 2.75) is 24.7 Å². The lowest BCUT2D eigenvalue weighted by atomic mass is 10.2. The highest BCUT2D eigenvalue weighted by Crippen LogP contribution is 2.48. The normalized spacial score (nSPS) is 16.9. The molecule has 0 unspecified atom stereocenters. The Kier molecular flexibility index (Phi) is 4.01. The summed E-state index contributed by atoms with van der Waals surface area (Å²) in [6.07, 6.45) is 1.92. The van der Waals surface area contributed by atoms with Crippen molar-refractivity contribution >= 4 is 37.4 Å². The molecule has 0 atom stereocenters. The van der Waals surface area contributed by atoms with Gasteiger partial charge in [-0.15, -0.1) is 0 Å². The van der Waals surface area contributed by atoms with Crippen LogP contribution in [0.4, 0.5) is 5.69 Å². The molecule has 1 amide bonds. The minimum absolute atomic E-state index is 0.0743. The van der Waals surface area contributed by atoms with E-state index < -0.39 is 9.84 Å². The number of hydrogen-bond donors (Lipinski definition) is 1. The van der Waals surface area contributed by atoms with Crippen LogP contribution < -0.4 is 5.32 Å². The summed E-state index contributed by atoms with van der Waals surface area (Å²) in [5.41, 5.74) is 0.530. The molecule has 2 rings (SSSR count). The van der Waals surface area contributed by atoms with Gasteiger partial charge in [0.15, 0.2) is 9.84 Å². The number of carbonyl (C=O) groups is 1. The molecule has 4 nitrogen and oxygen atoms in total. The Morgan fingerprint density at radius 2 is 1.89 bits per heavy atom. The quantitative estimate of drug-likeness (QED) is 0.834. The van der Waals surface area contributed by atoms with Crippen molar-refractivity contribution in [2.24, 2.45) is 5.41 Å². The summed E-state index contributed by atoms with van der Waals surface area (Å²) in [6.45, 7) is 1.41. The van der Waals surface area contributed by atoms with Crippen LogP contribution in [-0.4, -0.2) is 25.4 Å². The lowest BCUT2D eigenvalue weighted by Crippen LogP contribution is -2.18. The van der Waals surface area contributed by atoms with E-state index in [9.17, 15) is 13.2 Å². The number of halogens is 1. The van der Waals surface area contributed by atoms with Gasteiger partial charge in [-0.2, -0.15) is 0 Å². The Bertz CT molecular complexity index is 576. The summed E-state index contributed by atoms with van der Waals surface area (Å²) < 4.78 is 24.5. The summed E-state index contributed by atoms with van der Waals surface area (Å²) in [6, 6.07) is 6.32. The first kappa shape index (κ1) is 14.5. The molecule has 1 aliphatic carbocycles. The van der Waals surface area contributed by atoms with Gasteiger partial charge in [0.1, 0.15) is 0 Å². The third-order valence-corrected chi connectivity index (χ3v) is 6.44. The number of nitrogens with one attached hydrogen (secondary N) is 1. The minimum Gasteiger partial charge on any atom is -0.326 e. The van der Waals surface area contributed by atoms with Crippen LogP contribution in [0.1, 0.15) is 19.8 Å². The van der Waals surface area contributed by atoms with Gasteiger partial charge in [-0.05, 0) is 42.5 Å². The first-order chi connectivity index (χ1) is 8.87. The maximum Gasteiger partial charge on any atom is 0.221 e. The van der Waals surface area contributed by atoms with Gasteiger partial charge < -0.3 is 5.32 Å².